The average Bonchev–Trinajstić information content (AvgIpc) is 3.30. The van der Waals surface area contributed by atoms with Gasteiger partial charge in [0.1, 0.15) is 0 Å². The molecule has 2 amide bonds. The summed E-state index contributed by atoms with van der Waals surface area (Å²) in [5.74, 6) is 0.748. The second-order valence-electron chi connectivity index (χ2n) is 6.48. The first kappa shape index (κ1) is 17.4. The normalized spacial score (nSPS) is 24.1. The van der Waals surface area contributed by atoms with Crippen LogP contribution in [0.25, 0.3) is 0 Å². The van der Waals surface area contributed by atoms with Crippen molar-refractivity contribution in [1.82, 2.24) is 15.5 Å². The number of amides is 2. The van der Waals surface area contributed by atoms with Gasteiger partial charge < -0.3 is 20.0 Å². The van der Waals surface area contributed by atoms with Gasteiger partial charge >= 0.3 is 0 Å². The van der Waals surface area contributed by atoms with Gasteiger partial charge in [0.25, 0.3) is 5.91 Å². The Kier molecular flexibility index (Phi) is 5.84. The van der Waals surface area contributed by atoms with Crippen LogP contribution >= 0.6 is 11.8 Å². The van der Waals surface area contributed by atoms with Crippen molar-refractivity contribution in [3.05, 3.63) is 17.9 Å². The van der Waals surface area contributed by atoms with Gasteiger partial charge in [0, 0.05) is 19.6 Å². The van der Waals surface area contributed by atoms with Crippen LogP contribution in [0.2, 0.25) is 0 Å². The summed E-state index contributed by atoms with van der Waals surface area (Å²) in [5.41, 5.74) is 0. The number of carbonyl (C=O) groups is 2. The molecule has 0 bridgehead atoms. The van der Waals surface area contributed by atoms with E-state index in [1.807, 2.05) is 17.2 Å². The zero-order chi connectivity index (χ0) is 16.9. The fourth-order valence-corrected chi connectivity index (χ4v) is 3.77. The molecule has 0 aliphatic carbocycles. The molecule has 3 rings (SSSR count). The van der Waals surface area contributed by atoms with Gasteiger partial charge in [-0.25, -0.2) is 0 Å². The Morgan fingerprint density at radius 3 is 2.96 bits per heavy atom. The molecule has 6 nitrogen and oxygen atoms in total. The number of hydrogen-bond donors (Lipinski definition) is 2. The molecule has 2 atom stereocenters. The Morgan fingerprint density at radius 1 is 1.38 bits per heavy atom. The quantitative estimate of drug-likeness (QED) is 0.790. The third kappa shape index (κ3) is 4.13. The van der Waals surface area contributed by atoms with Crippen LogP contribution in [0.3, 0.4) is 0 Å². The van der Waals surface area contributed by atoms with Gasteiger partial charge in [0.2, 0.25) is 5.91 Å². The van der Waals surface area contributed by atoms with Gasteiger partial charge in [-0.05, 0) is 56.5 Å². The lowest BCUT2D eigenvalue weighted by molar-refractivity contribution is -0.123. The summed E-state index contributed by atoms with van der Waals surface area (Å²) in [6.45, 7) is 2.98. The van der Waals surface area contributed by atoms with Crippen LogP contribution < -0.4 is 10.6 Å². The third-order valence-corrected chi connectivity index (χ3v) is 5.36. The molecule has 3 heterocycles. The van der Waals surface area contributed by atoms with E-state index in [1.54, 1.807) is 6.07 Å². The lowest BCUT2D eigenvalue weighted by atomic mass is 9.97. The lowest BCUT2D eigenvalue weighted by Crippen LogP contribution is -2.46. The van der Waals surface area contributed by atoms with E-state index in [2.05, 4.69) is 10.6 Å². The summed E-state index contributed by atoms with van der Waals surface area (Å²) < 4.78 is 5.54. The zero-order valence-electron chi connectivity index (χ0n) is 14.0. The van der Waals surface area contributed by atoms with Gasteiger partial charge in [-0.1, -0.05) is 11.8 Å². The van der Waals surface area contributed by atoms with Crippen LogP contribution in [0.1, 0.15) is 36.2 Å². The molecule has 7 heteroatoms. The molecule has 2 aliphatic heterocycles. The number of carbonyl (C=O) groups excluding carboxylic acids is 2. The summed E-state index contributed by atoms with van der Waals surface area (Å²) in [7, 11) is 0. The molecule has 0 aromatic carbocycles. The first-order valence-corrected chi connectivity index (χ1v) is 9.84. The number of rotatable bonds is 5. The van der Waals surface area contributed by atoms with Gasteiger partial charge in [-0.2, -0.15) is 0 Å². The highest BCUT2D eigenvalue weighted by atomic mass is 32.2. The maximum Gasteiger partial charge on any atom is 0.289 e. The van der Waals surface area contributed by atoms with Gasteiger partial charge in [0.15, 0.2) is 10.9 Å². The van der Waals surface area contributed by atoms with Crippen LogP contribution in [0.5, 0.6) is 0 Å². The molecule has 2 N–H and O–H groups in total. The smallest absolute Gasteiger partial charge is 0.289 e. The number of likely N-dealkylation sites (tertiary alicyclic amines) is 1. The van der Waals surface area contributed by atoms with Crippen LogP contribution in [-0.4, -0.2) is 55.2 Å². The summed E-state index contributed by atoms with van der Waals surface area (Å²) in [6, 6.07) is 3.53. The fourth-order valence-electron chi connectivity index (χ4n) is 3.39. The van der Waals surface area contributed by atoms with Gasteiger partial charge in [0.05, 0.1) is 6.04 Å². The minimum atomic E-state index is -0.0520. The Bertz CT molecular complexity index is 583. The van der Waals surface area contributed by atoms with Crippen LogP contribution in [0.4, 0.5) is 0 Å². The maximum absolute atomic E-state index is 12.5. The Labute approximate surface area is 146 Å². The molecule has 0 radical (unpaired) electrons. The fraction of sp³-hybridized carbons (Fsp3) is 0.647. The Morgan fingerprint density at radius 2 is 2.25 bits per heavy atom. The van der Waals surface area contributed by atoms with Gasteiger partial charge in [-0.3, -0.25) is 9.59 Å². The minimum absolute atomic E-state index is 0.0422. The van der Waals surface area contributed by atoms with Crippen molar-refractivity contribution in [3.63, 3.8) is 0 Å². The summed E-state index contributed by atoms with van der Waals surface area (Å²) in [5, 5.41) is 7.00. The van der Waals surface area contributed by atoms with E-state index >= 15 is 0 Å². The molecule has 2 aliphatic rings. The molecule has 1 aromatic heterocycles. The molecule has 2 saturated heterocycles. The SMILES string of the molecule is CSc1ccc(C(=O)N2CCCC(CNC(=O)C3CCCN3)C2)o1. The van der Waals surface area contributed by atoms with E-state index in [9.17, 15) is 9.59 Å². The Hall–Kier alpha value is -1.47. The van der Waals surface area contributed by atoms with Crippen LogP contribution in [0.15, 0.2) is 21.6 Å². The number of hydrogen-bond acceptors (Lipinski definition) is 5. The molecule has 24 heavy (non-hydrogen) atoms. The minimum Gasteiger partial charge on any atom is -0.445 e. The largest absolute Gasteiger partial charge is 0.445 e. The van der Waals surface area contributed by atoms with Crippen molar-refractivity contribution in [2.24, 2.45) is 5.92 Å². The molecule has 0 spiro atoms. The molecular weight excluding hydrogens is 326 g/mol. The molecule has 2 fully saturated rings. The number of nitrogens with one attached hydrogen (secondary N) is 2. The number of nitrogens with zero attached hydrogens (tertiary/aromatic N) is 1. The summed E-state index contributed by atoms with van der Waals surface area (Å²) in [4.78, 5) is 26.5. The third-order valence-electron chi connectivity index (χ3n) is 4.74. The van der Waals surface area contributed by atoms with E-state index in [0.717, 1.165) is 43.9 Å². The molecule has 1 aromatic rings. The van der Waals surface area contributed by atoms with E-state index in [0.29, 0.717) is 24.8 Å². The van der Waals surface area contributed by atoms with Crippen molar-refractivity contribution >= 4 is 23.6 Å². The topological polar surface area (TPSA) is 74.6 Å². The highest BCUT2D eigenvalue weighted by Gasteiger charge is 2.28. The summed E-state index contributed by atoms with van der Waals surface area (Å²) in [6.07, 6.45) is 5.90. The van der Waals surface area contributed by atoms with E-state index < -0.39 is 0 Å². The maximum atomic E-state index is 12.5. The van der Waals surface area contributed by atoms with Crippen molar-refractivity contribution in [1.29, 1.82) is 0 Å². The first-order valence-electron chi connectivity index (χ1n) is 8.61. The van der Waals surface area contributed by atoms with E-state index in [4.69, 9.17) is 4.42 Å². The number of piperidine rings is 1. The average molecular weight is 351 g/mol. The van der Waals surface area contributed by atoms with Crippen molar-refractivity contribution in [2.45, 2.75) is 36.8 Å². The Balaban J connectivity index is 1.50. The molecule has 0 saturated carbocycles. The van der Waals surface area contributed by atoms with Crippen molar-refractivity contribution < 1.29 is 14.0 Å². The van der Waals surface area contributed by atoms with Crippen molar-refractivity contribution in [3.8, 4) is 0 Å². The monoisotopic (exact) mass is 351 g/mol. The highest BCUT2D eigenvalue weighted by molar-refractivity contribution is 7.98. The standard InChI is InChI=1S/C17H25N3O3S/c1-24-15-7-6-14(23-15)17(22)20-9-3-4-12(11-20)10-19-16(21)13-5-2-8-18-13/h6-7,12-13,18H,2-5,8-11H2,1H3,(H,19,21). The molecule has 2 unspecified atom stereocenters. The predicted molar refractivity (Wildman–Crippen MR) is 93.2 cm³/mol. The molecule has 132 valence electrons. The molecular formula is C17H25N3O3S. The first-order chi connectivity index (χ1) is 11.7. The predicted octanol–water partition coefficient (Wildman–Crippen LogP) is 1.72. The number of thioether (sulfide) groups is 1. The lowest BCUT2D eigenvalue weighted by Gasteiger charge is -2.32. The van der Waals surface area contributed by atoms with Gasteiger partial charge in [-0.15, -0.1) is 0 Å². The van der Waals surface area contributed by atoms with E-state index in [1.165, 1.54) is 11.8 Å². The summed E-state index contributed by atoms with van der Waals surface area (Å²) >= 11 is 1.49. The zero-order valence-corrected chi connectivity index (χ0v) is 14.9. The van der Waals surface area contributed by atoms with Crippen molar-refractivity contribution in [2.75, 3.05) is 32.4 Å². The van der Waals surface area contributed by atoms with Crippen LogP contribution in [-0.2, 0) is 4.79 Å². The number of furan rings is 1. The highest BCUT2D eigenvalue weighted by Crippen LogP contribution is 2.22. The second-order valence-corrected chi connectivity index (χ2v) is 7.29. The van der Waals surface area contributed by atoms with Crippen LogP contribution in [0, 0.1) is 5.92 Å². The van der Waals surface area contributed by atoms with E-state index in [-0.39, 0.29) is 17.9 Å². The second kappa shape index (κ2) is 8.07.